The predicted octanol–water partition coefficient (Wildman–Crippen LogP) is 6.49. The summed E-state index contributed by atoms with van der Waals surface area (Å²) in [7, 11) is 0. The number of imide groups is 2. The number of hydrogen-bond donors (Lipinski definition) is 1. The number of amides is 4. The molecule has 0 bridgehead atoms. The molecule has 0 spiro atoms. The highest BCUT2D eigenvalue weighted by atomic mass is 35.5. The molecule has 5 aromatic rings. The normalized spacial score (nSPS) is 28.7. The van der Waals surface area contributed by atoms with Crippen LogP contribution < -0.4 is 9.80 Å². The standard InChI is InChI=1S/C38H26Cl2FN3O7/c39-37-17-26-24(31(29-16-13-23(18-45)50-29)38(37,40)36(49)44(35(37)48)22-11-7-20(41)8-12-22)14-15-25-30(26)34(47)43(33(25)46)21-9-5-19(6-10-21)32-42-27-3-1-2-4-28(27)51-32/h1-14,16,25-26,30-31,45H,15,17-18H2/t25-,26+,30-,31+,37+,38-/m0/s1. The van der Waals surface area contributed by atoms with Crippen LogP contribution in [0.3, 0.4) is 0 Å². The molecule has 0 unspecified atom stereocenters. The van der Waals surface area contributed by atoms with Gasteiger partial charge in [-0.05, 0) is 91.6 Å². The molecule has 10 nitrogen and oxygen atoms in total. The Hall–Kier alpha value is -5.10. The van der Waals surface area contributed by atoms with E-state index in [0.29, 0.717) is 33.8 Å². The summed E-state index contributed by atoms with van der Waals surface area (Å²) in [5.74, 6) is -6.00. The number of aliphatic hydroxyl groups is 1. The number of carbonyl (C=O) groups excluding carboxylic acids is 4. The van der Waals surface area contributed by atoms with Crippen molar-refractivity contribution < 1.29 is 37.5 Å². The van der Waals surface area contributed by atoms with Crippen LogP contribution in [0.5, 0.6) is 0 Å². The van der Waals surface area contributed by atoms with Crippen molar-refractivity contribution in [1.82, 2.24) is 4.98 Å². The van der Waals surface area contributed by atoms with Crippen LogP contribution >= 0.6 is 23.2 Å². The largest absolute Gasteiger partial charge is 0.463 e. The van der Waals surface area contributed by atoms with Gasteiger partial charge in [0.05, 0.1) is 29.1 Å². The van der Waals surface area contributed by atoms with Gasteiger partial charge in [-0.1, -0.05) is 23.8 Å². The lowest BCUT2D eigenvalue weighted by Gasteiger charge is -2.49. The van der Waals surface area contributed by atoms with Crippen molar-refractivity contribution in [3.05, 3.63) is 114 Å². The molecular formula is C38H26Cl2FN3O7. The Morgan fingerprint density at radius 1 is 0.824 bits per heavy atom. The summed E-state index contributed by atoms with van der Waals surface area (Å²) in [5, 5.41) is 9.81. The second kappa shape index (κ2) is 11.2. The fraction of sp³-hybridized carbons (Fsp3) is 0.237. The number of benzene rings is 3. The number of fused-ring (bicyclic) bond motifs is 5. The number of aromatic nitrogens is 1. The maximum absolute atomic E-state index is 14.4. The Morgan fingerprint density at radius 3 is 2.24 bits per heavy atom. The van der Waals surface area contributed by atoms with Crippen molar-refractivity contribution in [3.63, 3.8) is 0 Å². The molecule has 2 aliphatic heterocycles. The summed E-state index contributed by atoms with van der Waals surface area (Å²) in [5.41, 5.74) is 2.95. The van der Waals surface area contributed by atoms with Gasteiger partial charge in [-0.3, -0.25) is 24.1 Å². The highest BCUT2D eigenvalue weighted by Crippen LogP contribution is 2.66. The number of furan rings is 1. The number of anilines is 2. The van der Waals surface area contributed by atoms with Gasteiger partial charge in [0.2, 0.25) is 17.7 Å². The Labute approximate surface area is 299 Å². The van der Waals surface area contributed by atoms with Gasteiger partial charge in [-0.25, -0.2) is 14.3 Å². The van der Waals surface area contributed by atoms with Crippen LogP contribution in [-0.2, 0) is 25.8 Å². The molecule has 2 aromatic heterocycles. The quantitative estimate of drug-likeness (QED) is 0.124. The molecule has 6 atom stereocenters. The first kappa shape index (κ1) is 31.9. The molecule has 4 aliphatic rings. The molecular weight excluding hydrogens is 700 g/mol. The summed E-state index contributed by atoms with van der Waals surface area (Å²) in [6, 6.07) is 22.0. The molecule has 4 amide bonds. The van der Waals surface area contributed by atoms with Gasteiger partial charge in [0, 0.05) is 5.56 Å². The average Bonchev–Trinajstić information content (AvgIpc) is 3.88. The van der Waals surface area contributed by atoms with Crippen LogP contribution in [0, 0.1) is 23.6 Å². The maximum Gasteiger partial charge on any atom is 0.258 e. The van der Waals surface area contributed by atoms with Crippen LogP contribution in [0.2, 0.25) is 0 Å². The van der Waals surface area contributed by atoms with E-state index in [1.165, 1.54) is 18.2 Å². The molecule has 2 saturated heterocycles. The van der Waals surface area contributed by atoms with Gasteiger partial charge in [-0.2, -0.15) is 0 Å². The molecule has 0 radical (unpaired) electrons. The van der Waals surface area contributed by atoms with Crippen molar-refractivity contribution >= 4 is 69.3 Å². The Balaban J connectivity index is 1.11. The molecule has 1 saturated carbocycles. The number of aliphatic hydroxyl groups excluding tert-OH is 1. The SMILES string of the molecule is O=C1[C@H]2[C@H](CC=C3[C@H]2C[C@@]2(Cl)C(=O)N(c4ccc(F)cc4)C(=O)[C@@]2(Cl)[C@H]3c2ccc(CO)o2)C(=O)N1c1ccc(-c2nc3ccccc3o2)cc1. The van der Waals surface area contributed by atoms with Gasteiger partial charge in [0.25, 0.3) is 11.8 Å². The Bertz CT molecular complexity index is 2300. The smallest absolute Gasteiger partial charge is 0.258 e. The van der Waals surface area contributed by atoms with Crippen molar-refractivity contribution in [2.24, 2.45) is 17.8 Å². The van der Waals surface area contributed by atoms with Gasteiger partial charge in [-0.15, -0.1) is 23.2 Å². The first-order valence-corrected chi connectivity index (χ1v) is 17.1. The maximum atomic E-state index is 14.4. The van der Waals surface area contributed by atoms with Gasteiger partial charge in [0.1, 0.15) is 29.5 Å². The highest BCUT2D eigenvalue weighted by molar-refractivity contribution is 6.58. The molecule has 9 rings (SSSR count). The van der Waals surface area contributed by atoms with Crippen molar-refractivity contribution in [2.45, 2.75) is 35.1 Å². The van der Waals surface area contributed by atoms with Crippen molar-refractivity contribution in [1.29, 1.82) is 0 Å². The third kappa shape index (κ3) is 4.35. The average molecular weight is 727 g/mol. The molecule has 3 aromatic carbocycles. The number of rotatable bonds is 5. The minimum absolute atomic E-state index is 0.0736. The number of carbonyl (C=O) groups is 4. The lowest BCUT2D eigenvalue weighted by Crippen LogP contribution is -2.60. The predicted molar refractivity (Wildman–Crippen MR) is 183 cm³/mol. The Kier molecular flexibility index (Phi) is 6.99. The summed E-state index contributed by atoms with van der Waals surface area (Å²) >= 11 is 14.7. The lowest BCUT2D eigenvalue weighted by molar-refractivity contribution is -0.125. The second-order valence-corrected chi connectivity index (χ2v) is 14.5. The zero-order chi connectivity index (χ0) is 35.4. The van der Waals surface area contributed by atoms with E-state index in [-0.39, 0.29) is 30.0 Å². The van der Waals surface area contributed by atoms with E-state index in [9.17, 15) is 28.7 Å². The summed E-state index contributed by atoms with van der Waals surface area (Å²) < 4.78 is 25.7. The molecule has 1 N–H and O–H groups in total. The second-order valence-electron chi connectivity index (χ2n) is 13.3. The van der Waals surface area contributed by atoms with Crippen LogP contribution in [0.1, 0.15) is 30.3 Å². The van der Waals surface area contributed by atoms with E-state index in [0.717, 1.165) is 21.9 Å². The van der Waals surface area contributed by atoms with Crippen molar-refractivity contribution in [2.75, 3.05) is 9.80 Å². The summed E-state index contributed by atoms with van der Waals surface area (Å²) in [6.45, 7) is -0.442. The number of nitrogens with zero attached hydrogens (tertiary/aromatic N) is 3. The number of alkyl halides is 2. The third-order valence-corrected chi connectivity index (χ3v) is 12.1. The number of hydrogen-bond acceptors (Lipinski definition) is 8. The van der Waals surface area contributed by atoms with E-state index in [2.05, 4.69) is 4.98 Å². The van der Waals surface area contributed by atoms with Crippen LogP contribution in [-0.4, -0.2) is 43.5 Å². The molecule has 13 heteroatoms. The van der Waals surface area contributed by atoms with E-state index in [1.54, 1.807) is 36.4 Å². The molecule has 51 heavy (non-hydrogen) atoms. The van der Waals surface area contributed by atoms with Crippen LogP contribution in [0.4, 0.5) is 15.8 Å². The van der Waals surface area contributed by atoms with Gasteiger partial charge < -0.3 is 13.9 Å². The first-order valence-electron chi connectivity index (χ1n) is 16.3. The zero-order valence-corrected chi connectivity index (χ0v) is 28.0. The minimum Gasteiger partial charge on any atom is -0.463 e. The monoisotopic (exact) mass is 725 g/mol. The van der Waals surface area contributed by atoms with Crippen LogP contribution in [0.25, 0.3) is 22.6 Å². The van der Waals surface area contributed by atoms with E-state index < -0.39 is 69.5 Å². The highest BCUT2D eigenvalue weighted by Gasteiger charge is 2.77. The van der Waals surface area contributed by atoms with Gasteiger partial charge in [0.15, 0.2) is 15.3 Å². The number of halogens is 3. The molecule has 4 heterocycles. The first-order chi connectivity index (χ1) is 24.5. The number of oxazole rings is 1. The Morgan fingerprint density at radius 2 is 1.53 bits per heavy atom. The van der Waals surface area contributed by atoms with E-state index >= 15 is 0 Å². The van der Waals surface area contributed by atoms with Crippen LogP contribution in [0.15, 0.2) is 105 Å². The van der Waals surface area contributed by atoms with E-state index in [4.69, 9.17) is 32.0 Å². The van der Waals surface area contributed by atoms with Crippen molar-refractivity contribution in [3.8, 4) is 11.5 Å². The van der Waals surface area contributed by atoms with E-state index in [1.807, 2.05) is 24.3 Å². The number of para-hydroxylation sites is 2. The third-order valence-electron chi connectivity index (χ3n) is 10.7. The summed E-state index contributed by atoms with van der Waals surface area (Å²) in [6.07, 6.45) is 1.72. The fourth-order valence-corrected chi connectivity index (χ4v) is 9.27. The molecule has 3 fully saturated rings. The fourth-order valence-electron chi connectivity index (χ4n) is 8.35. The molecule has 256 valence electrons. The van der Waals surface area contributed by atoms with Gasteiger partial charge >= 0.3 is 0 Å². The number of allylic oxidation sites excluding steroid dienone is 2. The lowest BCUT2D eigenvalue weighted by atomic mass is 9.57. The minimum atomic E-state index is -2.13. The molecule has 2 aliphatic carbocycles. The summed E-state index contributed by atoms with van der Waals surface area (Å²) in [4.78, 5) is 59.5. The zero-order valence-electron chi connectivity index (χ0n) is 26.5. The topological polar surface area (TPSA) is 134 Å².